The summed E-state index contributed by atoms with van der Waals surface area (Å²) >= 11 is 0. The van der Waals surface area contributed by atoms with Crippen molar-refractivity contribution in [2.45, 2.75) is 68.4 Å². The average Bonchev–Trinajstić information content (AvgIpc) is 3.67. The Hall–Kier alpha value is -3.69. The van der Waals surface area contributed by atoms with E-state index in [4.69, 9.17) is 21.3 Å². The average molecular weight is 622 g/mol. The van der Waals surface area contributed by atoms with Crippen molar-refractivity contribution in [3.8, 4) is 6.01 Å². The third kappa shape index (κ3) is 4.95. The largest absolute Gasteiger partial charge is 0.461 e. The first kappa shape index (κ1) is 30.0. The van der Waals surface area contributed by atoms with E-state index in [9.17, 15) is 13.6 Å². The van der Waals surface area contributed by atoms with Crippen molar-refractivity contribution in [3.05, 3.63) is 70.2 Å². The van der Waals surface area contributed by atoms with Crippen LogP contribution in [0.25, 0.3) is 4.85 Å². The van der Waals surface area contributed by atoms with Crippen LogP contribution in [0.5, 0.6) is 6.01 Å². The number of amides is 1. The maximum atomic E-state index is 15.4. The highest BCUT2D eigenvalue weighted by atomic mass is 19.1. The molecule has 0 radical (unpaired) electrons. The minimum Gasteiger partial charge on any atom is -0.461 e. The maximum Gasteiger partial charge on any atom is 0.318 e. The minimum atomic E-state index is -1.05. The number of piperazine rings is 1. The zero-order valence-corrected chi connectivity index (χ0v) is 25.6. The molecule has 4 atom stereocenters. The summed E-state index contributed by atoms with van der Waals surface area (Å²) in [5.74, 6) is -1.43. The number of anilines is 1. The molecule has 12 heteroatoms. The number of aryl methyl sites for hydroxylation is 1. The maximum absolute atomic E-state index is 15.4. The summed E-state index contributed by atoms with van der Waals surface area (Å²) in [6.45, 7) is 13.5. The van der Waals surface area contributed by atoms with Crippen LogP contribution in [0.2, 0.25) is 0 Å². The number of ether oxygens (including phenoxy) is 1. The molecule has 1 aromatic heterocycles. The number of nitrogens with zero attached hydrogens (tertiary/aromatic N) is 7. The van der Waals surface area contributed by atoms with Crippen LogP contribution in [0.3, 0.4) is 0 Å². The van der Waals surface area contributed by atoms with E-state index in [0.717, 1.165) is 54.6 Å². The van der Waals surface area contributed by atoms with E-state index >= 15 is 4.39 Å². The van der Waals surface area contributed by atoms with Gasteiger partial charge >= 0.3 is 6.01 Å². The number of carbonyl (C=O) groups excluding carboxylic acids is 1. The predicted molar refractivity (Wildman–Crippen MR) is 162 cm³/mol. The minimum absolute atomic E-state index is 0.00791. The van der Waals surface area contributed by atoms with Crippen molar-refractivity contribution in [1.29, 1.82) is 0 Å². The summed E-state index contributed by atoms with van der Waals surface area (Å²) in [5, 5.41) is 0. The van der Waals surface area contributed by atoms with Crippen LogP contribution in [0.15, 0.2) is 30.6 Å². The van der Waals surface area contributed by atoms with E-state index in [1.54, 1.807) is 6.07 Å². The fourth-order valence-corrected chi connectivity index (χ4v) is 8.63. The number of carbonyl (C=O) groups is 1. The number of likely N-dealkylation sites (N-methyl/N-ethyl adjacent to an activating group) is 1. The Balaban J connectivity index is 1.26. The van der Waals surface area contributed by atoms with Gasteiger partial charge in [0, 0.05) is 56.7 Å². The SMILES string of the molecule is [C-]#[N+]C[C@H]1CN(c2nc(OC[C@@]34CCCN3C[C@H](F)C4)nc3c2CN(C)[C@]2(CCc4cccc(F)c42)C3)CCN1C(=O)C(=C)F. The molecule has 0 saturated carbocycles. The van der Waals surface area contributed by atoms with Gasteiger partial charge in [-0.3, -0.25) is 14.6 Å². The van der Waals surface area contributed by atoms with E-state index < -0.39 is 29.5 Å². The molecule has 3 saturated heterocycles. The normalized spacial score (nSPS) is 29.4. The molecule has 0 bridgehead atoms. The molecule has 4 aliphatic heterocycles. The molecule has 1 amide bonds. The Kier molecular flexibility index (Phi) is 7.52. The standard InChI is InChI=1S/C33H38F3N7O2/c1-21(34)30(44)43-13-12-41(18-24(43)16-37-2)29-25-19-40(3)33(10-8-22-6-4-7-26(36)28(22)33)15-27(25)38-31(39-29)45-20-32-9-5-11-42(32)17-23(35)14-32/h4,6-7,23-24H,1,5,8-20H2,3H3/t23-,24+,32+,33-/m1/s1. The van der Waals surface area contributed by atoms with Gasteiger partial charge in [0.15, 0.2) is 5.83 Å². The summed E-state index contributed by atoms with van der Waals surface area (Å²) < 4.78 is 50.1. The van der Waals surface area contributed by atoms with Gasteiger partial charge in [-0.05, 0) is 50.9 Å². The fraction of sp³-hybridized carbons (Fsp3) is 0.576. The van der Waals surface area contributed by atoms with Crippen LogP contribution in [-0.4, -0.2) is 101 Å². The molecule has 9 nitrogen and oxygen atoms in total. The van der Waals surface area contributed by atoms with E-state index in [1.807, 2.05) is 18.0 Å². The number of aromatic nitrogens is 2. The molecule has 45 heavy (non-hydrogen) atoms. The Labute approximate surface area is 261 Å². The molecule has 5 heterocycles. The summed E-state index contributed by atoms with van der Waals surface area (Å²) in [4.78, 5) is 33.7. The molecule has 1 spiro atoms. The summed E-state index contributed by atoms with van der Waals surface area (Å²) in [6.07, 6.45) is 3.36. The number of hydrogen-bond donors (Lipinski definition) is 0. The van der Waals surface area contributed by atoms with Gasteiger partial charge in [0.2, 0.25) is 6.54 Å². The number of alkyl halides is 1. The van der Waals surface area contributed by atoms with Crippen LogP contribution >= 0.6 is 0 Å². The smallest absolute Gasteiger partial charge is 0.318 e. The lowest BCUT2D eigenvalue weighted by Crippen LogP contribution is -2.57. The number of fused-ring (bicyclic) bond motifs is 4. The first-order chi connectivity index (χ1) is 21.6. The Morgan fingerprint density at radius 1 is 1.22 bits per heavy atom. The highest BCUT2D eigenvalue weighted by Crippen LogP contribution is 2.49. The van der Waals surface area contributed by atoms with Crippen LogP contribution in [0.4, 0.5) is 19.0 Å². The Bertz CT molecular complexity index is 1580. The van der Waals surface area contributed by atoms with Crippen LogP contribution in [0.1, 0.15) is 48.1 Å². The zero-order chi connectivity index (χ0) is 31.5. The first-order valence-electron chi connectivity index (χ1n) is 15.8. The van der Waals surface area contributed by atoms with E-state index in [1.165, 1.54) is 11.0 Å². The lowest BCUT2D eigenvalue weighted by molar-refractivity contribution is -0.131. The van der Waals surface area contributed by atoms with Crippen LogP contribution in [0, 0.1) is 12.4 Å². The topological polar surface area (TPSA) is 69.4 Å². The number of hydrogen-bond acceptors (Lipinski definition) is 7. The second-order valence-corrected chi connectivity index (χ2v) is 13.3. The summed E-state index contributed by atoms with van der Waals surface area (Å²) in [5.41, 5.74) is 2.45. The van der Waals surface area contributed by atoms with Crippen molar-refractivity contribution in [2.24, 2.45) is 0 Å². The monoisotopic (exact) mass is 621 g/mol. The lowest BCUT2D eigenvalue weighted by atomic mass is 9.80. The van der Waals surface area contributed by atoms with E-state index in [0.29, 0.717) is 38.3 Å². The van der Waals surface area contributed by atoms with Gasteiger partial charge < -0.3 is 19.4 Å². The highest BCUT2D eigenvalue weighted by Gasteiger charge is 2.51. The second-order valence-electron chi connectivity index (χ2n) is 13.3. The Morgan fingerprint density at radius 3 is 2.87 bits per heavy atom. The second kappa shape index (κ2) is 11.3. The number of halogens is 3. The Morgan fingerprint density at radius 2 is 2.07 bits per heavy atom. The van der Waals surface area contributed by atoms with Crippen molar-refractivity contribution in [1.82, 2.24) is 24.7 Å². The molecule has 1 aromatic carbocycles. The van der Waals surface area contributed by atoms with Gasteiger partial charge in [-0.15, -0.1) is 0 Å². The van der Waals surface area contributed by atoms with Crippen LogP contribution < -0.4 is 9.64 Å². The van der Waals surface area contributed by atoms with Gasteiger partial charge in [0.25, 0.3) is 5.91 Å². The molecule has 1 aliphatic carbocycles. The summed E-state index contributed by atoms with van der Waals surface area (Å²) in [6, 6.07) is 4.91. The molecular weight excluding hydrogens is 583 g/mol. The first-order valence-corrected chi connectivity index (χ1v) is 15.8. The molecule has 2 aromatic rings. The van der Waals surface area contributed by atoms with Crippen molar-refractivity contribution in [2.75, 3.05) is 57.8 Å². The van der Waals surface area contributed by atoms with Gasteiger partial charge in [0.1, 0.15) is 30.5 Å². The van der Waals surface area contributed by atoms with Crippen molar-refractivity contribution >= 4 is 11.7 Å². The molecule has 7 rings (SSSR count). The zero-order valence-electron chi connectivity index (χ0n) is 25.6. The summed E-state index contributed by atoms with van der Waals surface area (Å²) in [7, 11) is 2.01. The van der Waals surface area contributed by atoms with Gasteiger partial charge in [-0.2, -0.15) is 9.97 Å². The van der Waals surface area contributed by atoms with Gasteiger partial charge in [0.05, 0.1) is 16.8 Å². The number of benzene rings is 1. The van der Waals surface area contributed by atoms with E-state index in [2.05, 4.69) is 21.2 Å². The molecule has 0 unspecified atom stereocenters. The third-order valence-corrected chi connectivity index (χ3v) is 10.8. The van der Waals surface area contributed by atoms with Crippen molar-refractivity contribution in [3.63, 3.8) is 0 Å². The molecule has 3 fully saturated rings. The number of rotatable bonds is 6. The molecule has 0 N–H and O–H groups in total. The predicted octanol–water partition coefficient (Wildman–Crippen LogP) is 3.82. The quantitative estimate of drug-likeness (QED) is 0.359. The van der Waals surface area contributed by atoms with Gasteiger partial charge in [-0.25, -0.2) is 19.7 Å². The third-order valence-electron chi connectivity index (χ3n) is 10.8. The van der Waals surface area contributed by atoms with Gasteiger partial charge in [-0.1, -0.05) is 18.7 Å². The van der Waals surface area contributed by atoms with Crippen molar-refractivity contribution < 1.29 is 22.7 Å². The van der Waals surface area contributed by atoms with E-state index in [-0.39, 0.29) is 43.6 Å². The fourth-order valence-electron chi connectivity index (χ4n) is 8.63. The van der Waals surface area contributed by atoms with Crippen LogP contribution in [-0.2, 0) is 29.7 Å². The molecular formula is C33H38F3N7O2. The highest BCUT2D eigenvalue weighted by molar-refractivity contribution is 5.91. The molecule has 238 valence electrons. The molecule has 5 aliphatic rings. The lowest BCUT2D eigenvalue weighted by Gasteiger charge is -2.46.